The first-order valence-electron chi connectivity index (χ1n) is 7.86. The standard InChI is InChI=1S/C19H13BrN4OS/c1-11-8-9-21-17(22-11)18(25)23-14-5-2-12(3-6-14)19-24-15-10-13(20)4-7-16(15)26-19/h2-10H,1H3,(H,23,25). The molecule has 7 heteroatoms. The third-order valence-electron chi connectivity index (χ3n) is 3.74. The maximum absolute atomic E-state index is 12.2. The van der Waals surface area contributed by atoms with E-state index < -0.39 is 0 Å². The molecule has 0 fully saturated rings. The first-order chi connectivity index (χ1) is 12.6. The molecule has 0 aliphatic heterocycles. The van der Waals surface area contributed by atoms with Crippen molar-refractivity contribution in [1.29, 1.82) is 0 Å². The molecule has 0 aliphatic rings. The van der Waals surface area contributed by atoms with Gasteiger partial charge in [0.05, 0.1) is 10.2 Å². The first kappa shape index (κ1) is 16.8. The van der Waals surface area contributed by atoms with Crippen molar-refractivity contribution >= 4 is 49.1 Å². The average Bonchev–Trinajstić information content (AvgIpc) is 3.05. The van der Waals surface area contributed by atoms with Crippen LogP contribution in [0.3, 0.4) is 0 Å². The predicted molar refractivity (Wildman–Crippen MR) is 107 cm³/mol. The van der Waals surface area contributed by atoms with E-state index in [0.29, 0.717) is 5.69 Å². The summed E-state index contributed by atoms with van der Waals surface area (Å²) in [6.45, 7) is 1.82. The van der Waals surface area contributed by atoms with E-state index in [-0.39, 0.29) is 11.7 Å². The quantitative estimate of drug-likeness (QED) is 0.497. The Bertz CT molecular complexity index is 1110. The molecule has 1 amide bonds. The molecule has 1 N–H and O–H groups in total. The number of benzene rings is 2. The normalized spacial score (nSPS) is 10.8. The molecule has 0 aliphatic carbocycles. The van der Waals surface area contributed by atoms with Gasteiger partial charge < -0.3 is 5.32 Å². The lowest BCUT2D eigenvalue weighted by Gasteiger charge is -2.05. The van der Waals surface area contributed by atoms with E-state index in [9.17, 15) is 4.79 Å². The van der Waals surface area contributed by atoms with Crippen molar-refractivity contribution in [1.82, 2.24) is 15.0 Å². The van der Waals surface area contributed by atoms with Gasteiger partial charge in [-0.15, -0.1) is 11.3 Å². The zero-order valence-corrected chi connectivity index (χ0v) is 16.1. The van der Waals surface area contributed by atoms with Crippen molar-refractivity contribution in [2.75, 3.05) is 5.32 Å². The highest BCUT2D eigenvalue weighted by atomic mass is 79.9. The number of hydrogen-bond acceptors (Lipinski definition) is 5. The Hall–Kier alpha value is -2.64. The zero-order valence-electron chi connectivity index (χ0n) is 13.7. The van der Waals surface area contributed by atoms with Gasteiger partial charge in [0.1, 0.15) is 5.01 Å². The lowest BCUT2D eigenvalue weighted by molar-refractivity contribution is 0.101. The van der Waals surface area contributed by atoms with Crippen molar-refractivity contribution in [3.8, 4) is 10.6 Å². The van der Waals surface area contributed by atoms with Crippen molar-refractivity contribution in [3.05, 3.63) is 70.7 Å². The molecule has 0 bridgehead atoms. The fourth-order valence-corrected chi connectivity index (χ4v) is 3.77. The van der Waals surface area contributed by atoms with Gasteiger partial charge in [0.2, 0.25) is 5.82 Å². The van der Waals surface area contributed by atoms with Gasteiger partial charge in [-0.05, 0) is 55.5 Å². The number of rotatable bonds is 3. The van der Waals surface area contributed by atoms with Gasteiger partial charge in [-0.2, -0.15) is 0 Å². The number of carbonyl (C=O) groups excluding carboxylic acids is 1. The highest BCUT2D eigenvalue weighted by Gasteiger charge is 2.11. The summed E-state index contributed by atoms with van der Waals surface area (Å²) in [5, 5.41) is 3.75. The minimum Gasteiger partial charge on any atom is -0.319 e. The van der Waals surface area contributed by atoms with E-state index in [1.54, 1.807) is 23.6 Å². The van der Waals surface area contributed by atoms with Gasteiger partial charge in [0.25, 0.3) is 5.91 Å². The summed E-state index contributed by atoms with van der Waals surface area (Å²) in [4.78, 5) is 25.0. The highest BCUT2D eigenvalue weighted by molar-refractivity contribution is 9.10. The van der Waals surface area contributed by atoms with Crippen LogP contribution < -0.4 is 5.32 Å². The Morgan fingerprint density at radius 1 is 1.08 bits per heavy atom. The molecule has 2 heterocycles. The number of fused-ring (bicyclic) bond motifs is 1. The van der Waals surface area contributed by atoms with Gasteiger partial charge in [0, 0.05) is 27.6 Å². The second-order valence-corrected chi connectivity index (χ2v) is 7.63. The Kier molecular flexibility index (Phi) is 4.48. The Labute approximate surface area is 162 Å². The van der Waals surface area contributed by atoms with E-state index in [1.165, 1.54) is 0 Å². The van der Waals surface area contributed by atoms with Gasteiger partial charge in [-0.1, -0.05) is 15.9 Å². The van der Waals surface area contributed by atoms with E-state index in [1.807, 2.05) is 43.3 Å². The summed E-state index contributed by atoms with van der Waals surface area (Å²) in [6, 6.07) is 15.4. The van der Waals surface area contributed by atoms with E-state index in [4.69, 9.17) is 0 Å². The van der Waals surface area contributed by atoms with Crippen LogP contribution in [0.4, 0.5) is 5.69 Å². The third-order valence-corrected chi connectivity index (χ3v) is 5.32. The van der Waals surface area contributed by atoms with Crippen LogP contribution in [0.1, 0.15) is 16.3 Å². The van der Waals surface area contributed by atoms with Crippen LogP contribution in [0.15, 0.2) is 59.2 Å². The SMILES string of the molecule is Cc1ccnc(C(=O)Nc2ccc(-c3nc4cc(Br)ccc4s3)cc2)n1. The maximum Gasteiger partial charge on any atom is 0.293 e. The van der Waals surface area contributed by atoms with Crippen molar-refractivity contribution in [2.45, 2.75) is 6.92 Å². The van der Waals surface area contributed by atoms with Crippen LogP contribution >= 0.6 is 27.3 Å². The number of hydrogen-bond donors (Lipinski definition) is 1. The Morgan fingerprint density at radius 3 is 2.65 bits per heavy atom. The molecule has 26 heavy (non-hydrogen) atoms. The maximum atomic E-state index is 12.2. The highest BCUT2D eigenvalue weighted by Crippen LogP contribution is 2.32. The summed E-state index contributed by atoms with van der Waals surface area (Å²) in [5.74, 6) is -0.169. The molecule has 0 saturated heterocycles. The molecule has 5 nitrogen and oxygen atoms in total. The third kappa shape index (κ3) is 3.49. The van der Waals surface area contributed by atoms with E-state index in [0.717, 1.165) is 31.0 Å². The lowest BCUT2D eigenvalue weighted by atomic mass is 10.2. The molecule has 4 rings (SSSR count). The molecule has 0 unspecified atom stereocenters. The second-order valence-electron chi connectivity index (χ2n) is 5.68. The molecule has 0 saturated carbocycles. The molecule has 0 spiro atoms. The minimum absolute atomic E-state index is 0.158. The van der Waals surface area contributed by atoms with Gasteiger partial charge in [0.15, 0.2) is 0 Å². The van der Waals surface area contributed by atoms with Crippen LogP contribution in [0, 0.1) is 6.92 Å². The topological polar surface area (TPSA) is 67.8 Å². The molecule has 0 radical (unpaired) electrons. The molecule has 0 atom stereocenters. The Morgan fingerprint density at radius 2 is 1.88 bits per heavy atom. The number of halogens is 1. The summed E-state index contributed by atoms with van der Waals surface area (Å²) in [6.07, 6.45) is 1.58. The number of anilines is 1. The second kappa shape index (κ2) is 6.93. The summed E-state index contributed by atoms with van der Waals surface area (Å²) < 4.78 is 2.15. The largest absolute Gasteiger partial charge is 0.319 e. The van der Waals surface area contributed by atoms with Crippen molar-refractivity contribution in [3.63, 3.8) is 0 Å². The van der Waals surface area contributed by atoms with Crippen LogP contribution in [0.2, 0.25) is 0 Å². The number of amides is 1. The Balaban J connectivity index is 1.55. The summed E-state index contributed by atoms with van der Waals surface area (Å²) in [5.41, 5.74) is 3.41. The number of nitrogens with one attached hydrogen (secondary N) is 1. The van der Waals surface area contributed by atoms with Crippen molar-refractivity contribution < 1.29 is 4.79 Å². The van der Waals surface area contributed by atoms with Crippen molar-refractivity contribution in [2.24, 2.45) is 0 Å². The summed E-state index contributed by atoms with van der Waals surface area (Å²) in [7, 11) is 0. The zero-order chi connectivity index (χ0) is 18.1. The van der Waals surface area contributed by atoms with Gasteiger partial charge in [-0.3, -0.25) is 4.79 Å². The van der Waals surface area contributed by atoms with Crippen LogP contribution in [0.5, 0.6) is 0 Å². The fraction of sp³-hybridized carbons (Fsp3) is 0.0526. The monoisotopic (exact) mass is 424 g/mol. The van der Waals surface area contributed by atoms with E-state index >= 15 is 0 Å². The molecular weight excluding hydrogens is 412 g/mol. The summed E-state index contributed by atoms with van der Waals surface area (Å²) >= 11 is 5.11. The average molecular weight is 425 g/mol. The van der Waals surface area contributed by atoms with Crippen LogP contribution in [-0.4, -0.2) is 20.9 Å². The number of carbonyl (C=O) groups is 1. The lowest BCUT2D eigenvalue weighted by Crippen LogP contribution is -2.15. The van der Waals surface area contributed by atoms with E-state index in [2.05, 4.69) is 42.3 Å². The predicted octanol–water partition coefficient (Wildman–Crippen LogP) is 5.08. The number of aromatic nitrogens is 3. The number of nitrogens with zero attached hydrogens (tertiary/aromatic N) is 3. The van der Waals surface area contributed by atoms with Gasteiger partial charge in [-0.25, -0.2) is 15.0 Å². The number of aryl methyl sites for hydroxylation is 1. The first-order valence-corrected chi connectivity index (χ1v) is 9.47. The molecular formula is C19H13BrN4OS. The van der Waals surface area contributed by atoms with Crippen LogP contribution in [0.25, 0.3) is 20.8 Å². The molecule has 4 aromatic rings. The van der Waals surface area contributed by atoms with Crippen LogP contribution in [-0.2, 0) is 0 Å². The number of thiazole rings is 1. The minimum atomic E-state index is -0.328. The molecule has 2 aromatic carbocycles. The molecule has 128 valence electrons. The van der Waals surface area contributed by atoms with Gasteiger partial charge >= 0.3 is 0 Å². The fourth-order valence-electron chi connectivity index (χ4n) is 2.47. The smallest absolute Gasteiger partial charge is 0.293 e. The molecule has 2 aromatic heterocycles.